The molecule has 0 spiro atoms. The van der Waals surface area contributed by atoms with Crippen molar-refractivity contribution in [1.82, 2.24) is 0 Å². The van der Waals surface area contributed by atoms with Crippen molar-refractivity contribution < 1.29 is 72.8 Å². The zero-order chi connectivity index (χ0) is 15.8. The van der Waals surface area contributed by atoms with Crippen molar-refractivity contribution in [1.29, 1.82) is 0 Å². The van der Waals surface area contributed by atoms with Crippen LogP contribution in [-0.2, 0) is 10.1 Å². The van der Waals surface area contributed by atoms with Crippen molar-refractivity contribution in [3.8, 4) is 0 Å². The Morgan fingerprint density at radius 3 is 1.50 bits per heavy atom. The molecule has 118 valence electrons. The van der Waals surface area contributed by atoms with E-state index in [4.69, 9.17) is 4.55 Å². The molecule has 0 radical (unpaired) electrons. The van der Waals surface area contributed by atoms with Crippen molar-refractivity contribution >= 4 is 10.1 Å². The minimum atomic E-state index is -6.46. The van der Waals surface area contributed by atoms with E-state index in [0.717, 1.165) is 0 Å². The smallest absolute Gasteiger partial charge is 1.00 e. The van der Waals surface area contributed by atoms with E-state index < -0.39 is 46.2 Å². The average Bonchev–Trinajstić information content (AvgIpc) is 2.23. The monoisotopic (exact) mass is 336 g/mol. The van der Waals surface area contributed by atoms with Gasteiger partial charge in [0, 0.05) is 0 Å². The molecule has 0 aliphatic carbocycles. The molecule has 3 unspecified atom stereocenters. The Morgan fingerprint density at radius 2 is 1.25 bits per heavy atom. The van der Waals surface area contributed by atoms with Gasteiger partial charge in [-0.25, -0.2) is 22.0 Å². The SMILES string of the molecule is O=S(=O)(O)C(F)C(F)(F)C(F)(F)C(F)C(F)C(F)F.[H-].[Li+]. The number of hydrogen-bond acceptors (Lipinski definition) is 2. The summed E-state index contributed by atoms with van der Waals surface area (Å²) in [7, 11) is -6.40. The average molecular weight is 336 g/mol. The molecule has 3 nitrogen and oxygen atoms in total. The fourth-order valence-corrected chi connectivity index (χ4v) is 1.38. The van der Waals surface area contributed by atoms with Crippen molar-refractivity contribution in [2.24, 2.45) is 0 Å². The fourth-order valence-electron chi connectivity index (χ4n) is 0.850. The molecular weight excluding hydrogens is 330 g/mol. The largest absolute Gasteiger partial charge is 1.00 e. The van der Waals surface area contributed by atoms with Crippen LogP contribution in [-0.4, -0.2) is 49.1 Å². The van der Waals surface area contributed by atoms with Gasteiger partial charge in [0.15, 0.2) is 6.17 Å². The first-order valence-corrected chi connectivity index (χ1v) is 5.60. The second-order valence-electron chi connectivity index (χ2n) is 3.26. The molecule has 0 fully saturated rings. The molecule has 1 N–H and O–H groups in total. The van der Waals surface area contributed by atoms with Gasteiger partial charge >= 0.3 is 40.8 Å². The van der Waals surface area contributed by atoms with Crippen LogP contribution < -0.4 is 18.9 Å². The summed E-state index contributed by atoms with van der Waals surface area (Å²) in [6.07, 6.45) is -13.7. The Hall–Kier alpha value is -0.123. The third-order valence-corrected chi connectivity index (χ3v) is 2.68. The van der Waals surface area contributed by atoms with Crippen LogP contribution in [0, 0.1) is 0 Å². The first-order chi connectivity index (χ1) is 8.17. The minimum absolute atomic E-state index is 0. The maximum Gasteiger partial charge on any atom is 1.00 e. The molecule has 0 saturated carbocycles. The predicted octanol–water partition coefficient (Wildman–Crippen LogP) is -0.502. The quantitative estimate of drug-likeness (QED) is 0.404. The third kappa shape index (κ3) is 4.19. The summed E-state index contributed by atoms with van der Waals surface area (Å²) in [4.78, 5) is 0. The van der Waals surface area contributed by atoms with E-state index in [9.17, 15) is 47.9 Å². The first kappa shape index (κ1) is 22.2. The molecule has 0 aliphatic heterocycles. The molecule has 0 aromatic carbocycles. The Bertz CT molecular complexity index is 420. The summed E-state index contributed by atoms with van der Waals surface area (Å²) in [6, 6.07) is 0. The van der Waals surface area contributed by atoms with Gasteiger partial charge in [-0.1, -0.05) is 0 Å². The molecule has 0 bridgehead atoms. The summed E-state index contributed by atoms with van der Waals surface area (Å²) in [5.74, 6) is -12.9. The molecule has 0 rings (SSSR count). The normalized spacial score (nSPS) is 18.4. The van der Waals surface area contributed by atoms with Gasteiger partial charge in [0.1, 0.15) is 0 Å². The Kier molecular flexibility index (Phi) is 7.49. The molecule has 0 aromatic rings. The van der Waals surface area contributed by atoms with Crippen LogP contribution in [0.15, 0.2) is 0 Å². The van der Waals surface area contributed by atoms with E-state index in [1.807, 2.05) is 0 Å². The summed E-state index contributed by atoms with van der Waals surface area (Å²) < 4.78 is 139. The molecular formula is C6H6F9LiO3S. The van der Waals surface area contributed by atoms with E-state index >= 15 is 0 Å². The molecule has 0 saturated heterocycles. The van der Waals surface area contributed by atoms with Crippen molar-refractivity contribution in [2.45, 2.75) is 36.1 Å². The summed E-state index contributed by atoms with van der Waals surface area (Å²) in [6.45, 7) is 0. The van der Waals surface area contributed by atoms with Gasteiger partial charge in [-0.05, 0) is 0 Å². The van der Waals surface area contributed by atoms with E-state index in [1.54, 1.807) is 0 Å². The fraction of sp³-hybridized carbons (Fsp3) is 1.00. The van der Waals surface area contributed by atoms with Crippen LogP contribution in [0.5, 0.6) is 0 Å². The zero-order valence-electron chi connectivity index (χ0n) is 10.4. The third-order valence-electron chi connectivity index (χ3n) is 1.86. The van der Waals surface area contributed by atoms with Gasteiger partial charge in [0.25, 0.3) is 11.9 Å². The van der Waals surface area contributed by atoms with Crippen molar-refractivity contribution in [3.63, 3.8) is 0 Å². The molecule has 0 amide bonds. The van der Waals surface area contributed by atoms with Gasteiger partial charge in [0.2, 0.25) is 6.17 Å². The Balaban J connectivity index is -0.00000162. The summed E-state index contributed by atoms with van der Waals surface area (Å²) in [5.41, 5.74) is -5.02. The topological polar surface area (TPSA) is 54.4 Å². The van der Waals surface area contributed by atoms with Crippen LogP contribution in [0.25, 0.3) is 0 Å². The van der Waals surface area contributed by atoms with Gasteiger partial charge in [0.05, 0.1) is 0 Å². The molecule has 0 heterocycles. The van der Waals surface area contributed by atoms with E-state index in [0.29, 0.717) is 0 Å². The van der Waals surface area contributed by atoms with Crippen LogP contribution >= 0.6 is 0 Å². The summed E-state index contributed by atoms with van der Waals surface area (Å²) in [5, 5.41) is 0. The first-order valence-electron chi connectivity index (χ1n) is 4.09. The Labute approximate surface area is 119 Å². The van der Waals surface area contributed by atoms with Gasteiger partial charge in [-0.15, -0.1) is 0 Å². The zero-order valence-corrected chi connectivity index (χ0v) is 10.2. The second kappa shape index (κ2) is 6.76. The second-order valence-corrected chi connectivity index (χ2v) is 4.70. The van der Waals surface area contributed by atoms with E-state index in [1.165, 1.54) is 0 Å². The maximum atomic E-state index is 12.7. The molecule has 20 heavy (non-hydrogen) atoms. The van der Waals surface area contributed by atoms with Gasteiger partial charge < -0.3 is 1.43 Å². The predicted molar refractivity (Wildman–Crippen MR) is 43.2 cm³/mol. The maximum absolute atomic E-state index is 12.7. The number of alkyl halides is 9. The van der Waals surface area contributed by atoms with Crippen molar-refractivity contribution in [3.05, 3.63) is 0 Å². The van der Waals surface area contributed by atoms with Gasteiger partial charge in [-0.2, -0.15) is 26.0 Å². The van der Waals surface area contributed by atoms with Gasteiger partial charge in [-0.3, -0.25) is 4.55 Å². The minimum Gasteiger partial charge on any atom is -1.00 e. The van der Waals surface area contributed by atoms with Crippen molar-refractivity contribution in [2.75, 3.05) is 0 Å². The number of hydrogen-bond donors (Lipinski definition) is 1. The Morgan fingerprint density at radius 1 is 0.900 bits per heavy atom. The molecule has 0 aromatic heterocycles. The summed E-state index contributed by atoms with van der Waals surface area (Å²) >= 11 is 0. The molecule has 3 atom stereocenters. The van der Waals surface area contributed by atoms with Crippen LogP contribution in [0.1, 0.15) is 1.43 Å². The van der Waals surface area contributed by atoms with E-state index in [-0.39, 0.29) is 20.3 Å². The molecule has 14 heteroatoms. The van der Waals surface area contributed by atoms with Crippen LogP contribution in [0.3, 0.4) is 0 Å². The number of halogens is 9. The van der Waals surface area contributed by atoms with Crippen LogP contribution in [0.2, 0.25) is 0 Å². The van der Waals surface area contributed by atoms with Crippen LogP contribution in [0.4, 0.5) is 39.5 Å². The standard InChI is InChI=1S/C6H5F9O3S.Li.H/c7-1(3(9)10)2(8)5(12,13)6(14,15)4(11)19(16,17)18;;/h1-4H,(H,16,17,18);;/q;+1;-1. The van der Waals surface area contributed by atoms with E-state index in [2.05, 4.69) is 0 Å². The number of rotatable bonds is 6. The molecule has 0 aliphatic rings.